The molecule has 0 radical (unpaired) electrons. The number of rotatable bonds is 2. The van der Waals surface area contributed by atoms with Crippen molar-refractivity contribution in [3.05, 3.63) is 39.9 Å². The fourth-order valence-corrected chi connectivity index (χ4v) is 6.35. The first-order chi connectivity index (χ1) is 16.0. The van der Waals surface area contributed by atoms with Crippen LogP contribution in [-0.2, 0) is 13.0 Å². The minimum atomic E-state index is 0.0432. The topological polar surface area (TPSA) is 58.4 Å². The fourth-order valence-electron chi connectivity index (χ4n) is 6.35. The van der Waals surface area contributed by atoms with Crippen molar-refractivity contribution in [1.82, 2.24) is 19.4 Å². The van der Waals surface area contributed by atoms with E-state index < -0.39 is 0 Å². The number of benzene rings is 1. The van der Waals surface area contributed by atoms with Gasteiger partial charge in [0, 0.05) is 50.7 Å². The van der Waals surface area contributed by atoms with E-state index in [2.05, 4.69) is 18.7 Å². The molecule has 0 aliphatic carbocycles. The maximum absolute atomic E-state index is 13.3. The van der Waals surface area contributed by atoms with Crippen LogP contribution in [0.3, 0.4) is 0 Å². The van der Waals surface area contributed by atoms with Crippen LogP contribution in [0, 0.1) is 11.8 Å². The van der Waals surface area contributed by atoms with Crippen molar-refractivity contribution in [3.8, 4) is 0 Å². The lowest BCUT2D eigenvalue weighted by molar-refractivity contribution is 0.0450. The average molecular weight is 451 g/mol. The Morgan fingerprint density at radius 1 is 0.970 bits per heavy atom. The summed E-state index contributed by atoms with van der Waals surface area (Å²) in [7, 11) is 0. The van der Waals surface area contributed by atoms with E-state index in [9.17, 15) is 9.59 Å². The maximum atomic E-state index is 13.3. The van der Waals surface area contributed by atoms with Gasteiger partial charge in [-0.3, -0.25) is 19.1 Å². The van der Waals surface area contributed by atoms with Crippen LogP contribution in [0.1, 0.15) is 75.0 Å². The highest BCUT2D eigenvalue weighted by molar-refractivity contribution is 5.97. The van der Waals surface area contributed by atoms with Gasteiger partial charge in [-0.25, -0.2) is 4.98 Å². The largest absolute Gasteiger partial charge is 0.339 e. The molecular formula is C27H38N4O2. The lowest BCUT2D eigenvalue weighted by Gasteiger charge is -2.43. The summed E-state index contributed by atoms with van der Waals surface area (Å²) in [4.78, 5) is 35.9. The predicted octanol–water partition coefficient (Wildman–Crippen LogP) is 4.10. The molecule has 1 aromatic heterocycles. The second kappa shape index (κ2) is 9.57. The van der Waals surface area contributed by atoms with Crippen LogP contribution in [0.5, 0.6) is 0 Å². The van der Waals surface area contributed by atoms with E-state index in [1.165, 1.54) is 32.4 Å². The Kier molecular flexibility index (Phi) is 6.55. The highest BCUT2D eigenvalue weighted by atomic mass is 16.2. The van der Waals surface area contributed by atoms with Crippen molar-refractivity contribution in [2.75, 3.05) is 26.2 Å². The maximum Gasteiger partial charge on any atom is 0.261 e. The number of likely N-dealkylation sites (tertiary alicyclic amines) is 2. The Hall–Kier alpha value is -2.21. The number of nitrogens with zero attached hydrogens (tertiary/aromatic N) is 4. The molecule has 6 heteroatoms. The molecule has 0 N–H and O–H groups in total. The number of piperidine rings is 2. The Morgan fingerprint density at radius 3 is 2.45 bits per heavy atom. The van der Waals surface area contributed by atoms with Crippen LogP contribution in [0.15, 0.2) is 23.0 Å². The Morgan fingerprint density at radius 2 is 1.70 bits per heavy atom. The molecule has 5 rings (SSSR count). The molecule has 1 amide bonds. The zero-order valence-electron chi connectivity index (χ0n) is 20.3. The summed E-state index contributed by atoms with van der Waals surface area (Å²) in [5.74, 6) is 2.48. The minimum absolute atomic E-state index is 0.0432. The number of hydrogen-bond donors (Lipinski definition) is 0. The smallest absolute Gasteiger partial charge is 0.261 e. The molecule has 0 unspecified atom stereocenters. The summed E-state index contributed by atoms with van der Waals surface area (Å²) >= 11 is 0. The zero-order chi connectivity index (χ0) is 22.9. The predicted molar refractivity (Wildman–Crippen MR) is 132 cm³/mol. The molecule has 2 fully saturated rings. The molecule has 0 saturated carbocycles. The highest BCUT2D eigenvalue weighted by Gasteiger charge is 2.31. The van der Waals surface area contributed by atoms with Gasteiger partial charge in [0.15, 0.2) is 0 Å². The molecule has 0 spiro atoms. The van der Waals surface area contributed by atoms with Crippen molar-refractivity contribution in [1.29, 1.82) is 0 Å². The van der Waals surface area contributed by atoms with Crippen LogP contribution >= 0.6 is 0 Å². The van der Waals surface area contributed by atoms with Crippen LogP contribution in [0.25, 0.3) is 10.9 Å². The zero-order valence-corrected chi connectivity index (χ0v) is 20.3. The van der Waals surface area contributed by atoms with Crippen LogP contribution in [-0.4, -0.2) is 57.5 Å². The quantitative estimate of drug-likeness (QED) is 0.691. The van der Waals surface area contributed by atoms with Crippen LogP contribution < -0.4 is 5.56 Å². The average Bonchev–Trinajstić information content (AvgIpc) is 2.79. The third kappa shape index (κ3) is 4.72. The molecular weight excluding hydrogens is 412 g/mol. The van der Waals surface area contributed by atoms with E-state index in [4.69, 9.17) is 4.98 Å². The fraction of sp³-hybridized carbons (Fsp3) is 0.667. The van der Waals surface area contributed by atoms with Crippen molar-refractivity contribution < 1.29 is 4.79 Å². The SMILES string of the molecule is C[C@@H]1C[C@@H](C)CN(C2CCN(C(=O)c3ccc4c(=O)n5c(nc4c3)CCCCCC5)CC2)C1. The van der Waals surface area contributed by atoms with Gasteiger partial charge in [0.25, 0.3) is 11.5 Å². The second-order valence-electron chi connectivity index (χ2n) is 10.8. The van der Waals surface area contributed by atoms with E-state index in [-0.39, 0.29) is 11.5 Å². The molecule has 1 aromatic carbocycles. The van der Waals surface area contributed by atoms with Crippen molar-refractivity contribution in [3.63, 3.8) is 0 Å². The van der Waals surface area contributed by atoms with E-state index in [1.54, 1.807) is 0 Å². The summed E-state index contributed by atoms with van der Waals surface area (Å²) in [6.07, 6.45) is 8.72. The molecule has 3 aliphatic heterocycles. The lowest BCUT2D eigenvalue weighted by Crippen LogP contribution is -2.50. The number of carbonyl (C=O) groups excluding carboxylic acids is 1. The molecule has 2 atom stereocenters. The Labute approximate surface area is 197 Å². The number of fused-ring (bicyclic) bond motifs is 2. The van der Waals surface area contributed by atoms with Gasteiger partial charge in [-0.1, -0.05) is 26.7 Å². The number of aryl methyl sites for hydroxylation is 1. The van der Waals surface area contributed by atoms with Crippen molar-refractivity contribution in [2.45, 2.75) is 77.8 Å². The normalized spacial score (nSPS) is 25.5. The van der Waals surface area contributed by atoms with Crippen LogP contribution in [0.2, 0.25) is 0 Å². The number of carbonyl (C=O) groups is 1. The van der Waals surface area contributed by atoms with E-state index in [1.807, 2.05) is 27.7 Å². The summed E-state index contributed by atoms with van der Waals surface area (Å²) in [6.45, 7) is 9.48. The summed E-state index contributed by atoms with van der Waals surface area (Å²) in [6, 6.07) is 6.08. The van der Waals surface area contributed by atoms with Gasteiger partial charge in [-0.05, 0) is 62.1 Å². The first-order valence-electron chi connectivity index (χ1n) is 13.1. The Balaban J connectivity index is 1.31. The molecule has 2 aromatic rings. The molecule has 33 heavy (non-hydrogen) atoms. The van der Waals surface area contributed by atoms with Crippen molar-refractivity contribution >= 4 is 16.8 Å². The van der Waals surface area contributed by atoms with Gasteiger partial charge in [-0.2, -0.15) is 0 Å². The molecule has 178 valence electrons. The molecule has 6 nitrogen and oxygen atoms in total. The Bertz CT molecular complexity index is 1060. The third-order valence-corrected chi connectivity index (χ3v) is 7.98. The third-order valence-electron chi connectivity index (χ3n) is 7.98. The van der Waals surface area contributed by atoms with Gasteiger partial charge in [0.2, 0.25) is 0 Å². The summed E-state index contributed by atoms with van der Waals surface area (Å²) in [5.41, 5.74) is 1.37. The summed E-state index contributed by atoms with van der Waals surface area (Å²) < 4.78 is 1.86. The van der Waals surface area contributed by atoms with Crippen molar-refractivity contribution in [2.24, 2.45) is 11.8 Å². The van der Waals surface area contributed by atoms with Gasteiger partial charge in [0.05, 0.1) is 10.9 Å². The standard InChI is InChI=1S/C27H38N4O2/c1-19-15-20(2)18-30(17-19)22-10-13-29(14-11-22)26(32)21-8-9-23-24(16-21)28-25-7-5-3-4-6-12-31(25)27(23)33/h8-9,16,19-20,22H,3-7,10-15,17-18H2,1-2H3/t19-,20-/m1/s1. The van der Waals surface area contributed by atoms with Gasteiger partial charge < -0.3 is 4.90 Å². The number of amides is 1. The molecule has 0 bridgehead atoms. The van der Waals surface area contributed by atoms with E-state index >= 15 is 0 Å². The van der Waals surface area contributed by atoms with E-state index in [0.717, 1.165) is 69.4 Å². The first kappa shape index (κ1) is 22.6. The summed E-state index contributed by atoms with van der Waals surface area (Å²) in [5, 5.41) is 0.628. The van der Waals surface area contributed by atoms with Gasteiger partial charge >= 0.3 is 0 Å². The first-order valence-corrected chi connectivity index (χ1v) is 13.1. The minimum Gasteiger partial charge on any atom is -0.339 e. The number of aromatic nitrogens is 2. The number of hydrogen-bond acceptors (Lipinski definition) is 4. The molecule has 2 saturated heterocycles. The highest BCUT2D eigenvalue weighted by Crippen LogP contribution is 2.27. The van der Waals surface area contributed by atoms with Gasteiger partial charge in [0.1, 0.15) is 5.82 Å². The second-order valence-corrected chi connectivity index (χ2v) is 10.8. The molecule has 4 heterocycles. The lowest BCUT2D eigenvalue weighted by atomic mass is 9.89. The van der Waals surface area contributed by atoms with Gasteiger partial charge in [-0.15, -0.1) is 0 Å². The monoisotopic (exact) mass is 450 g/mol. The van der Waals surface area contributed by atoms with E-state index in [0.29, 0.717) is 22.5 Å². The van der Waals surface area contributed by atoms with Crippen LogP contribution in [0.4, 0.5) is 0 Å². The molecule has 3 aliphatic rings.